The van der Waals surface area contributed by atoms with Gasteiger partial charge in [-0.2, -0.15) is 0 Å². The van der Waals surface area contributed by atoms with Gasteiger partial charge in [-0.25, -0.2) is 0 Å². The van der Waals surface area contributed by atoms with Crippen LogP contribution >= 0.6 is 0 Å². The molecule has 4 rings (SSSR count). The second kappa shape index (κ2) is 9.25. The van der Waals surface area contributed by atoms with E-state index in [-0.39, 0.29) is 5.91 Å². The molecule has 8 nitrogen and oxygen atoms in total. The summed E-state index contributed by atoms with van der Waals surface area (Å²) in [6.07, 6.45) is 10.3. The molecular weight excluding hydrogens is 356 g/mol. The molecule has 150 valence electrons. The number of carbonyl (C=O) groups is 1. The Hall–Kier alpha value is -2.32. The van der Waals surface area contributed by atoms with Gasteiger partial charge >= 0.3 is 0 Å². The highest BCUT2D eigenvalue weighted by atomic mass is 16.5. The number of amides is 1. The van der Waals surface area contributed by atoms with Crippen LogP contribution < -0.4 is 0 Å². The van der Waals surface area contributed by atoms with Crippen LogP contribution in [0.4, 0.5) is 0 Å². The minimum Gasteiger partial charge on any atom is -0.378 e. The van der Waals surface area contributed by atoms with Crippen molar-refractivity contribution in [3.8, 4) is 0 Å². The Kier molecular flexibility index (Phi) is 6.28. The third kappa shape index (κ3) is 4.74. The van der Waals surface area contributed by atoms with E-state index in [2.05, 4.69) is 26.3 Å². The smallest absolute Gasteiger partial charge is 0.276 e. The van der Waals surface area contributed by atoms with Crippen molar-refractivity contribution >= 4 is 5.91 Å². The molecule has 2 saturated heterocycles. The van der Waals surface area contributed by atoms with Gasteiger partial charge in [-0.05, 0) is 37.4 Å². The maximum Gasteiger partial charge on any atom is 0.276 e. The zero-order valence-corrected chi connectivity index (χ0v) is 16.2. The van der Waals surface area contributed by atoms with Crippen LogP contribution in [0, 0.1) is 0 Å². The molecule has 2 fully saturated rings. The van der Waals surface area contributed by atoms with Gasteiger partial charge in [0, 0.05) is 44.6 Å². The number of rotatable bonds is 6. The largest absolute Gasteiger partial charge is 0.378 e. The monoisotopic (exact) mass is 384 g/mol. The van der Waals surface area contributed by atoms with Gasteiger partial charge in [0.05, 0.1) is 19.4 Å². The summed E-state index contributed by atoms with van der Waals surface area (Å²) in [5.74, 6) is -0.0505. The first-order valence-corrected chi connectivity index (χ1v) is 10.2. The number of morpholine rings is 1. The fourth-order valence-corrected chi connectivity index (χ4v) is 4.04. The number of aromatic nitrogens is 4. The quantitative estimate of drug-likeness (QED) is 0.753. The second-order valence-electron chi connectivity index (χ2n) is 7.54. The van der Waals surface area contributed by atoms with Crippen molar-refractivity contribution in [2.45, 2.75) is 44.8 Å². The van der Waals surface area contributed by atoms with Crippen LogP contribution in [-0.4, -0.2) is 74.6 Å². The molecule has 28 heavy (non-hydrogen) atoms. The van der Waals surface area contributed by atoms with Crippen molar-refractivity contribution in [2.24, 2.45) is 0 Å². The third-order valence-corrected chi connectivity index (χ3v) is 5.61. The van der Waals surface area contributed by atoms with Crippen molar-refractivity contribution in [3.05, 3.63) is 42.0 Å². The van der Waals surface area contributed by atoms with E-state index >= 15 is 0 Å². The highest BCUT2D eigenvalue weighted by Crippen LogP contribution is 2.22. The first-order chi connectivity index (χ1) is 13.8. The molecule has 1 unspecified atom stereocenters. The summed E-state index contributed by atoms with van der Waals surface area (Å²) in [6.45, 7) is 5.27. The van der Waals surface area contributed by atoms with E-state index in [1.54, 1.807) is 11.1 Å². The molecule has 0 saturated carbocycles. The number of hydrogen-bond acceptors (Lipinski definition) is 6. The molecule has 4 heterocycles. The van der Waals surface area contributed by atoms with Gasteiger partial charge in [-0.3, -0.25) is 19.4 Å². The minimum atomic E-state index is -0.0505. The highest BCUT2D eigenvalue weighted by Gasteiger charge is 2.24. The molecule has 0 radical (unpaired) electrons. The highest BCUT2D eigenvalue weighted by molar-refractivity contribution is 5.91. The van der Waals surface area contributed by atoms with E-state index in [4.69, 9.17) is 4.74 Å². The summed E-state index contributed by atoms with van der Waals surface area (Å²) in [5, 5.41) is 8.29. The molecule has 0 aromatic carbocycles. The Balaban J connectivity index is 1.32. The average Bonchev–Trinajstić information content (AvgIpc) is 3.23. The SMILES string of the molecule is O=C(c1cn(CCC2CCCCN2Cc2cccnc2)nn1)N1CCOCC1. The molecule has 0 N–H and O–H groups in total. The molecule has 2 aromatic rings. The van der Waals surface area contributed by atoms with Crippen LogP contribution in [0.2, 0.25) is 0 Å². The van der Waals surface area contributed by atoms with Gasteiger partial charge in [-0.1, -0.05) is 17.7 Å². The van der Waals surface area contributed by atoms with E-state index in [0.29, 0.717) is 38.0 Å². The lowest BCUT2D eigenvalue weighted by atomic mass is 9.98. The number of nitrogens with zero attached hydrogens (tertiary/aromatic N) is 6. The van der Waals surface area contributed by atoms with E-state index in [1.807, 2.05) is 23.1 Å². The van der Waals surface area contributed by atoms with Crippen LogP contribution in [0.1, 0.15) is 41.7 Å². The zero-order chi connectivity index (χ0) is 19.2. The topological polar surface area (TPSA) is 76.4 Å². The molecule has 1 atom stereocenters. The Morgan fingerprint density at radius 1 is 1.21 bits per heavy atom. The summed E-state index contributed by atoms with van der Waals surface area (Å²) in [5.41, 5.74) is 1.69. The Morgan fingerprint density at radius 3 is 2.93 bits per heavy atom. The maximum absolute atomic E-state index is 12.5. The molecule has 2 aliphatic rings. The normalized spacial score (nSPS) is 21.0. The Bertz CT molecular complexity index is 759. The number of hydrogen-bond donors (Lipinski definition) is 0. The summed E-state index contributed by atoms with van der Waals surface area (Å²) in [7, 11) is 0. The number of piperidine rings is 1. The fourth-order valence-electron chi connectivity index (χ4n) is 4.04. The molecule has 2 aromatic heterocycles. The molecule has 0 aliphatic carbocycles. The molecule has 8 heteroatoms. The van der Waals surface area contributed by atoms with E-state index < -0.39 is 0 Å². The zero-order valence-electron chi connectivity index (χ0n) is 16.2. The Labute approximate surface area is 165 Å². The fraction of sp³-hybridized carbons (Fsp3) is 0.600. The van der Waals surface area contributed by atoms with Crippen molar-refractivity contribution in [3.63, 3.8) is 0 Å². The summed E-state index contributed by atoms with van der Waals surface area (Å²) >= 11 is 0. The van der Waals surface area contributed by atoms with Gasteiger partial charge in [0.25, 0.3) is 5.91 Å². The summed E-state index contributed by atoms with van der Waals surface area (Å²) < 4.78 is 7.12. The molecule has 2 aliphatic heterocycles. The van der Waals surface area contributed by atoms with Crippen LogP contribution in [0.5, 0.6) is 0 Å². The maximum atomic E-state index is 12.5. The van der Waals surface area contributed by atoms with Gasteiger partial charge in [0.2, 0.25) is 0 Å². The van der Waals surface area contributed by atoms with Crippen LogP contribution in [0.25, 0.3) is 0 Å². The van der Waals surface area contributed by atoms with Crippen LogP contribution in [0.15, 0.2) is 30.7 Å². The number of aryl methyl sites for hydroxylation is 1. The third-order valence-electron chi connectivity index (χ3n) is 5.61. The number of pyridine rings is 1. The standard InChI is InChI=1S/C20H28N6O2/c27-20(24-10-12-28-13-11-24)19-16-26(23-22-19)9-6-18-5-1-2-8-25(18)15-17-4-3-7-21-14-17/h3-4,7,14,16,18H,1-2,5-6,8-13,15H2. The lowest BCUT2D eigenvalue weighted by Gasteiger charge is -2.35. The molecule has 0 bridgehead atoms. The van der Waals surface area contributed by atoms with Gasteiger partial charge < -0.3 is 9.64 Å². The molecular formula is C20H28N6O2. The summed E-state index contributed by atoms with van der Waals surface area (Å²) in [6, 6.07) is 4.66. The average molecular weight is 384 g/mol. The van der Waals surface area contributed by atoms with Crippen molar-refractivity contribution in [1.29, 1.82) is 0 Å². The van der Waals surface area contributed by atoms with Crippen molar-refractivity contribution < 1.29 is 9.53 Å². The lowest BCUT2D eigenvalue weighted by Crippen LogP contribution is -2.40. The number of likely N-dealkylation sites (tertiary alicyclic amines) is 1. The minimum absolute atomic E-state index is 0.0505. The van der Waals surface area contributed by atoms with E-state index in [1.165, 1.54) is 24.8 Å². The molecule has 1 amide bonds. The second-order valence-corrected chi connectivity index (χ2v) is 7.54. The predicted molar refractivity (Wildman–Crippen MR) is 104 cm³/mol. The predicted octanol–water partition coefficient (Wildman–Crippen LogP) is 1.59. The van der Waals surface area contributed by atoms with Crippen molar-refractivity contribution in [2.75, 3.05) is 32.8 Å². The van der Waals surface area contributed by atoms with Gasteiger partial charge in [-0.15, -0.1) is 5.10 Å². The Morgan fingerprint density at radius 2 is 2.11 bits per heavy atom. The van der Waals surface area contributed by atoms with E-state index in [9.17, 15) is 4.79 Å². The number of ether oxygens (including phenoxy) is 1. The lowest BCUT2D eigenvalue weighted by molar-refractivity contribution is 0.0299. The van der Waals surface area contributed by atoms with Crippen LogP contribution in [0.3, 0.4) is 0 Å². The molecule has 0 spiro atoms. The van der Waals surface area contributed by atoms with Crippen molar-refractivity contribution in [1.82, 2.24) is 29.8 Å². The van der Waals surface area contributed by atoms with Gasteiger partial charge in [0.1, 0.15) is 0 Å². The summed E-state index contributed by atoms with van der Waals surface area (Å²) in [4.78, 5) is 21.1. The first kappa shape index (κ1) is 19.0. The number of carbonyl (C=O) groups excluding carboxylic acids is 1. The van der Waals surface area contributed by atoms with Gasteiger partial charge in [0.15, 0.2) is 5.69 Å². The first-order valence-electron chi connectivity index (χ1n) is 10.2. The van der Waals surface area contributed by atoms with E-state index in [0.717, 1.165) is 26.1 Å². The van der Waals surface area contributed by atoms with Crippen LogP contribution in [-0.2, 0) is 17.8 Å².